The molecule has 6 heteroatoms. The summed E-state index contributed by atoms with van der Waals surface area (Å²) in [6.45, 7) is -1.03. The van der Waals surface area contributed by atoms with Crippen molar-refractivity contribution in [2.45, 2.75) is 51.5 Å². The molecule has 0 amide bonds. The van der Waals surface area contributed by atoms with E-state index in [9.17, 15) is 30.6 Å². The van der Waals surface area contributed by atoms with Crippen LogP contribution in [0.15, 0.2) is 84.9 Å². The summed E-state index contributed by atoms with van der Waals surface area (Å²) in [6.07, 6.45) is 0. The van der Waals surface area contributed by atoms with Crippen LogP contribution in [0.4, 0.5) is 0 Å². The molecule has 38 heavy (non-hydrogen) atoms. The highest BCUT2D eigenvalue weighted by Gasteiger charge is 2.30. The molecule has 4 rings (SSSR count). The van der Waals surface area contributed by atoms with Gasteiger partial charge in [0, 0.05) is 11.8 Å². The van der Waals surface area contributed by atoms with E-state index in [-0.39, 0.29) is 51.5 Å². The van der Waals surface area contributed by atoms with Gasteiger partial charge in [0.2, 0.25) is 0 Å². The van der Waals surface area contributed by atoms with Gasteiger partial charge >= 0.3 is 0 Å². The second-order valence-corrected chi connectivity index (χ2v) is 9.56. The monoisotopic (exact) mass is 514 g/mol. The Balaban J connectivity index is 2.07. The Morgan fingerprint density at radius 2 is 0.632 bits per heavy atom. The molecule has 6 N–H and O–H groups in total. The molecule has 0 saturated carbocycles. The molecule has 0 aliphatic carbocycles. The van der Waals surface area contributed by atoms with E-state index in [2.05, 4.69) is 0 Å². The van der Waals surface area contributed by atoms with Crippen molar-refractivity contribution in [2.75, 3.05) is 0 Å². The Morgan fingerprint density at radius 1 is 0.342 bits per heavy atom. The number of benzene rings is 4. The van der Waals surface area contributed by atoms with Crippen molar-refractivity contribution in [1.29, 1.82) is 0 Å². The maximum Gasteiger partial charge on any atom is 0.0682 e. The van der Waals surface area contributed by atoms with Gasteiger partial charge in [-0.2, -0.15) is 0 Å². The molecule has 198 valence electrons. The number of hydrogen-bond donors (Lipinski definition) is 6. The summed E-state index contributed by atoms with van der Waals surface area (Å²) in [4.78, 5) is 0. The van der Waals surface area contributed by atoms with Gasteiger partial charge in [-0.1, -0.05) is 84.9 Å². The summed E-state index contributed by atoms with van der Waals surface area (Å²) < 4.78 is 0. The maximum absolute atomic E-state index is 10.0. The fourth-order valence-electron chi connectivity index (χ4n) is 5.23. The lowest BCUT2D eigenvalue weighted by molar-refractivity contribution is 0.275. The van der Waals surface area contributed by atoms with E-state index >= 15 is 0 Å². The molecule has 0 fully saturated rings. The summed E-state index contributed by atoms with van der Waals surface area (Å²) in [5.41, 5.74) is 7.67. The number of aliphatic hydroxyl groups is 6. The minimum atomic E-state index is -0.369. The lowest BCUT2D eigenvalue weighted by Gasteiger charge is -2.31. The molecule has 0 aliphatic rings. The predicted octanol–water partition coefficient (Wildman–Crippen LogP) is 3.60. The Bertz CT molecular complexity index is 1220. The Morgan fingerprint density at radius 3 is 0.947 bits per heavy atom. The normalized spacial score (nSPS) is 11.5. The first kappa shape index (κ1) is 27.7. The summed E-state index contributed by atoms with van der Waals surface area (Å²) in [5, 5.41) is 59.8. The number of rotatable bonds is 11. The van der Waals surface area contributed by atoms with Crippen molar-refractivity contribution in [3.8, 4) is 0 Å². The second kappa shape index (κ2) is 12.9. The molecule has 0 spiro atoms. The first-order valence-electron chi connectivity index (χ1n) is 12.6. The van der Waals surface area contributed by atoms with E-state index in [1.807, 2.05) is 72.8 Å². The van der Waals surface area contributed by atoms with Gasteiger partial charge in [0.05, 0.1) is 39.6 Å². The van der Waals surface area contributed by atoms with E-state index < -0.39 is 0 Å². The Labute approximate surface area is 222 Å². The summed E-state index contributed by atoms with van der Waals surface area (Å²) in [5.74, 6) is -0.680. The van der Waals surface area contributed by atoms with Gasteiger partial charge in [0.15, 0.2) is 0 Å². The van der Waals surface area contributed by atoms with Gasteiger partial charge in [-0.3, -0.25) is 0 Å². The molecule has 0 aliphatic heterocycles. The Kier molecular flexibility index (Phi) is 9.42. The first-order valence-corrected chi connectivity index (χ1v) is 12.6. The molecule has 0 aromatic heterocycles. The maximum atomic E-state index is 10.0. The van der Waals surface area contributed by atoms with Crippen LogP contribution in [0.1, 0.15) is 67.5 Å². The van der Waals surface area contributed by atoms with Crippen LogP contribution >= 0.6 is 0 Å². The molecule has 0 radical (unpaired) electrons. The van der Waals surface area contributed by atoms with Crippen molar-refractivity contribution in [3.63, 3.8) is 0 Å². The molecule has 0 heterocycles. The van der Waals surface area contributed by atoms with Crippen LogP contribution in [0.25, 0.3) is 0 Å². The lowest BCUT2D eigenvalue weighted by Crippen LogP contribution is -2.17. The van der Waals surface area contributed by atoms with E-state index in [4.69, 9.17) is 0 Å². The van der Waals surface area contributed by atoms with Gasteiger partial charge in [-0.25, -0.2) is 0 Å². The van der Waals surface area contributed by atoms with Crippen LogP contribution in [0.3, 0.4) is 0 Å². The average molecular weight is 515 g/mol. The molecule has 0 atom stereocenters. The molecule has 4 aromatic rings. The molecule has 0 bridgehead atoms. The third kappa shape index (κ3) is 6.19. The topological polar surface area (TPSA) is 121 Å². The van der Waals surface area contributed by atoms with Gasteiger partial charge in [-0.15, -0.1) is 0 Å². The van der Waals surface area contributed by atoms with Crippen LogP contribution in [-0.2, 0) is 39.6 Å². The van der Waals surface area contributed by atoms with Gasteiger partial charge in [0.1, 0.15) is 0 Å². The standard InChI is InChI=1S/C32H34O6/c33-15-21-3-1-5-27(9-21)31(28-6-2-4-22(10-28)16-34)32(29-11-23(17-35)7-24(12-29)18-36)30-13-25(19-37)8-26(14-30)20-38/h1-14,31-38H,15-20H2. The zero-order chi connectivity index (χ0) is 27.1. The fourth-order valence-corrected chi connectivity index (χ4v) is 5.23. The van der Waals surface area contributed by atoms with Crippen LogP contribution < -0.4 is 0 Å². The second-order valence-electron chi connectivity index (χ2n) is 9.56. The highest BCUT2D eigenvalue weighted by Crippen LogP contribution is 2.44. The van der Waals surface area contributed by atoms with Gasteiger partial charge < -0.3 is 30.6 Å². The van der Waals surface area contributed by atoms with Crippen LogP contribution in [-0.4, -0.2) is 30.6 Å². The zero-order valence-electron chi connectivity index (χ0n) is 21.2. The van der Waals surface area contributed by atoms with Crippen LogP contribution in [0, 0.1) is 0 Å². The fraction of sp³-hybridized carbons (Fsp3) is 0.250. The number of aliphatic hydroxyl groups excluding tert-OH is 6. The van der Waals surface area contributed by atoms with Crippen molar-refractivity contribution in [3.05, 3.63) is 141 Å². The van der Waals surface area contributed by atoms with E-state index in [1.54, 1.807) is 12.1 Å². The number of hydrogen-bond acceptors (Lipinski definition) is 6. The lowest BCUT2D eigenvalue weighted by atomic mass is 9.72. The Hall–Kier alpha value is -3.36. The summed E-state index contributed by atoms with van der Waals surface area (Å²) >= 11 is 0. The SMILES string of the molecule is OCc1cccc(C(c2cccc(CO)c2)C(c2cc(CO)cc(CO)c2)c2cc(CO)cc(CO)c2)c1. The van der Waals surface area contributed by atoms with Gasteiger partial charge in [-0.05, 0) is 55.6 Å². The predicted molar refractivity (Wildman–Crippen MR) is 145 cm³/mol. The van der Waals surface area contributed by atoms with Crippen molar-refractivity contribution < 1.29 is 30.6 Å². The summed E-state index contributed by atoms with van der Waals surface area (Å²) in [7, 11) is 0. The van der Waals surface area contributed by atoms with Crippen LogP contribution in [0.2, 0.25) is 0 Å². The smallest absolute Gasteiger partial charge is 0.0682 e. The highest BCUT2D eigenvalue weighted by atomic mass is 16.3. The average Bonchev–Trinajstić information content (AvgIpc) is 2.98. The molecule has 6 nitrogen and oxygen atoms in total. The minimum absolute atomic E-state index is 0.120. The molecule has 0 unspecified atom stereocenters. The summed E-state index contributed by atoms with van der Waals surface area (Å²) in [6, 6.07) is 26.6. The molecule has 0 saturated heterocycles. The van der Waals surface area contributed by atoms with E-state index in [0.29, 0.717) is 22.3 Å². The van der Waals surface area contributed by atoms with E-state index in [0.717, 1.165) is 33.4 Å². The highest BCUT2D eigenvalue weighted by molar-refractivity contribution is 5.49. The van der Waals surface area contributed by atoms with E-state index in [1.165, 1.54) is 0 Å². The largest absolute Gasteiger partial charge is 0.392 e. The van der Waals surface area contributed by atoms with Crippen molar-refractivity contribution in [1.82, 2.24) is 0 Å². The molecular formula is C32H34O6. The third-order valence-corrected chi connectivity index (χ3v) is 6.92. The van der Waals surface area contributed by atoms with Gasteiger partial charge in [0.25, 0.3) is 0 Å². The minimum Gasteiger partial charge on any atom is -0.392 e. The van der Waals surface area contributed by atoms with Crippen molar-refractivity contribution >= 4 is 0 Å². The van der Waals surface area contributed by atoms with Crippen molar-refractivity contribution in [2.24, 2.45) is 0 Å². The quantitative estimate of drug-likeness (QED) is 0.182. The van der Waals surface area contributed by atoms with Crippen LogP contribution in [0.5, 0.6) is 0 Å². The molecular weight excluding hydrogens is 480 g/mol. The molecule has 4 aromatic carbocycles. The third-order valence-electron chi connectivity index (χ3n) is 6.92. The first-order chi connectivity index (χ1) is 18.5. The zero-order valence-corrected chi connectivity index (χ0v) is 21.2.